The molecule has 1 saturated heterocycles. The lowest BCUT2D eigenvalue weighted by molar-refractivity contribution is 0.612. The van der Waals surface area contributed by atoms with Crippen molar-refractivity contribution < 1.29 is 4.39 Å². The van der Waals surface area contributed by atoms with Gasteiger partial charge in [-0.25, -0.2) is 9.37 Å². The number of thiophene rings is 1. The highest BCUT2D eigenvalue weighted by Gasteiger charge is 2.25. The van der Waals surface area contributed by atoms with E-state index in [1.54, 1.807) is 30.6 Å². The molecule has 0 aliphatic carbocycles. The first kappa shape index (κ1) is 16.7. The van der Waals surface area contributed by atoms with Gasteiger partial charge < -0.3 is 15.5 Å². The van der Waals surface area contributed by atoms with Gasteiger partial charge in [-0.2, -0.15) is 0 Å². The molecule has 2 N–H and O–H groups in total. The molecule has 128 valence electrons. The van der Waals surface area contributed by atoms with Crippen LogP contribution < -0.4 is 15.5 Å². The molecule has 0 bridgehead atoms. The molecule has 2 aromatic heterocycles. The summed E-state index contributed by atoms with van der Waals surface area (Å²) in [6.45, 7) is 4.36. The van der Waals surface area contributed by atoms with E-state index in [9.17, 15) is 4.39 Å². The number of aromatic nitrogens is 1. The first-order chi connectivity index (χ1) is 11.7. The molecule has 7 heteroatoms. The van der Waals surface area contributed by atoms with Crippen LogP contribution in [0, 0.1) is 12.7 Å². The second-order valence-electron chi connectivity index (χ2n) is 5.82. The molecule has 1 fully saturated rings. The molecule has 1 atom stereocenters. The molecular weight excluding hydrogens is 325 g/mol. The Hall–Kier alpha value is -2.15. The summed E-state index contributed by atoms with van der Waals surface area (Å²) >= 11 is 1.78. The van der Waals surface area contributed by atoms with Gasteiger partial charge >= 0.3 is 0 Å². The Bertz CT molecular complexity index is 715. The summed E-state index contributed by atoms with van der Waals surface area (Å²) in [5.74, 6) is 0.932. The fourth-order valence-corrected chi connectivity index (χ4v) is 3.65. The molecule has 0 spiro atoms. The van der Waals surface area contributed by atoms with E-state index in [0.717, 1.165) is 25.5 Å². The number of nitrogens with one attached hydrogen (secondary N) is 2. The minimum atomic E-state index is -0.270. The Labute approximate surface area is 145 Å². The van der Waals surface area contributed by atoms with Crippen LogP contribution in [0.15, 0.2) is 35.5 Å². The Morgan fingerprint density at radius 1 is 1.46 bits per heavy atom. The van der Waals surface area contributed by atoms with Crippen molar-refractivity contribution >= 4 is 23.1 Å². The van der Waals surface area contributed by atoms with Crippen LogP contribution in [0.3, 0.4) is 0 Å². The van der Waals surface area contributed by atoms with Crippen molar-refractivity contribution in [2.24, 2.45) is 4.99 Å². The van der Waals surface area contributed by atoms with Crippen LogP contribution in [0.5, 0.6) is 0 Å². The Morgan fingerprint density at radius 3 is 3.04 bits per heavy atom. The number of nitrogens with zero attached hydrogens (tertiary/aromatic N) is 3. The van der Waals surface area contributed by atoms with Crippen molar-refractivity contribution in [2.45, 2.75) is 25.9 Å². The molecule has 2 aromatic rings. The molecule has 5 nitrogen and oxygen atoms in total. The number of aliphatic imine (C=N–C) groups is 1. The Morgan fingerprint density at radius 2 is 2.33 bits per heavy atom. The summed E-state index contributed by atoms with van der Waals surface area (Å²) in [5, 5.41) is 6.75. The monoisotopic (exact) mass is 347 g/mol. The smallest absolute Gasteiger partial charge is 0.191 e. The standard InChI is InChI=1S/C17H22FN5S/c1-12-5-6-14(24-12)10-21-17(19-2)22-13-7-9-23(11-13)16-15(18)4-3-8-20-16/h3-6,8,13H,7,9-11H2,1-2H3,(H2,19,21,22). The average molecular weight is 347 g/mol. The van der Waals surface area contributed by atoms with Crippen molar-refractivity contribution in [1.82, 2.24) is 15.6 Å². The van der Waals surface area contributed by atoms with Crippen molar-refractivity contribution in [3.8, 4) is 0 Å². The second-order valence-corrected chi connectivity index (χ2v) is 7.20. The van der Waals surface area contributed by atoms with E-state index in [-0.39, 0.29) is 11.9 Å². The van der Waals surface area contributed by atoms with Crippen LogP contribution in [-0.2, 0) is 6.54 Å². The number of rotatable bonds is 4. The van der Waals surface area contributed by atoms with Gasteiger partial charge in [0.15, 0.2) is 17.6 Å². The lowest BCUT2D eigenvalue weighted by Crippen LogP contribution is -2.44. The number of aryl methyl sites for hydroxylation is 1. The van der Waals surface area contributed by atoms with E-state index >= 15 is 0 Å². The largest absolute Gasteiger partial charge is 0.352 e. The van der Waals surface area contributed by atoms with E-state index in [4.69, 9.17) is 0 Å². The van der Waals surface area contributed by atoms with Gasteiger partial charge in [-0.15, -0.1) is 11.3 Å². The normalized spacial score (nSPS) is 18.0. The van der Waals surface area contributed by atoms with Gasteiger partial charge in [-0.3, -0.25) is 4.99 Å². The Balaban J connectivity index is 1.53. The molecule has 1 unspecified atom stereocenters. The zero-order valence-electron chi connectivity index (χ0n) is 13.9. The van der Waals surface area contributed by atoms with Crippen LogP contribution in [-0.4, -0.2) is 37.1 Å². The fourth-order valence-electron chi connectivity index (χ4n) is 2.82. The molecule has 3 rings (SSSR count). The second kappa shape index (κ2) is 7.61. The number of anilines is 1. The summed E-state index contributed by atoms with van der Waals surface area (Å²) in [5.41, 5.74) is 0. The van der Waals surface area contributed by atoms with Crippen molar-refractivity contribution in [3.63, 3.8) is 0 Å². The number of hydrogen-bond acceptors (Lipinski definition) is 4. The highest BCUT2D eigenvalue weighted by molar-refractivity contribution is 7.11. The maximum absolute atomic E-state index is 13.8. The van der Waals surface area contributed by atoms with Gasteiger partial charge in [0.2, 0.25) is 0 Å². The van der Waals surface area contributed by atoms with E-state index in [1.165, 1.54) is 15.8 Å². The summed E-state index contributed by atoms with van der Waals surface area (Å²) in [4.78, 5) is 13.0. The number of pyridine rings is 1. The summed E-state index contributed by atoms with van der Waals surface area (Å²) in [6.07, 6.45) is 2.55. The molecule has 0 amide bonds. The zero-order chi connectivity index (χ0) is 16.9. The van der Waals surface area contributed by atoms with E-state index in [0.29, 0.717) is 12.4 Å². The number of halogens is 1. The molecule has 3 heterocycles. The van der Waals surface area contributed by atoms with Crippen LogP contribution in [0.1, 0.15) is 16.2 Å². The minimum absolute atomic E-state index is 0.225. The predicted octanol–water partition coefficient (Wildman–Crippen LogP) is 2.53. The van der Waals surface area contributed by atoms with Crippen molar-refractivity contribution in [2.75, 3.05) is 25.0 Å². The van der Waals surface area contributed by atoms with Gasteiger partial charge in [0.25, 0.3) is 0 Å². The fraction of sp³-hybridized carbons (Fsp3) is 0.412. The third kappa shape index (κ3) is 4.03. The molecule has 24 heavy (non-hydrogen) atoms. The Kier molecular flexibility index (Phi) is 5.30. The quantitative estimate of drug-likeness (QED) is 0.659. The summed E-state index contributed by atoms with van der Waals surface area (Å²) in [7, 11) is 1.76. The lowest BCUT2D eigenvalue weighted by atomic mass is 10.3. The number of hydrogen-bond donors (Lipinski definition) is 2. The SMILES string of the molecule is CN=C(NCc1ccc(C)s1)NC1CCN(c2ncccc2F)C1. The summed E-state index contributed by atoms with van der Waals surface area (Å²) < 4.78 is 13.8. The highest BCUT2D eigenvalue weighted by Crippen LogP contribution is 2.20. The molecule has 0 radical (unpaired) electrons. The van der Waals surface area contributed by atoms with Crippen molar-refractivity contribution in [1.29, 1.82) is 0 Å². The zero-order valence-corrected chi connectivity index (χ0v) is 14.7. The topological polar surface area (TPSA) is 52.6 Å². The molecular formula is C17H22FN5S. The molecule has 1 aliphatic rings. The van der Waals surface area contributed by atoms with E-state index < -0.39 is 0 Å². The van der Waals surface area contributed by atoms with Crippen LogP contribution >= 0.6 is 11.3 Å². The van der Waals surface area contributed by atoms with E-state index in [2.05, 4.69) is 39.7 Å². The van der Waals surface area contributed by atoms with Crippen LogP contribution in [0.2, 0.25) is 0 Å². The molecule has 1 aliphatic heterocycles. The highest BCUT2D eigenvalue weighted by atomic mass is 32.1. The van der Waals surface area contributed by atoms with Crippen LogP contribution in [0.4, 0.5) is 10.2 Å². The lowest BCUT2D eigenvalue weighted by Gasteiger charge is -2.19. The maximum Gasteiger partial charge on any atom is 0.191 e. The maximum atomic E-state index is 13.8. The molecule has 0 aromatic carbocycles. The van der Waals surface area contributed by atoms with Crippen LogP contribution in [0.25, 0.3) is 0 Å². The predicted molar refractivity (Wildman–Crippen MR) is 97.2 cm³/mol. The average Bonchev–Trinajstić information content (AvgIpc) is 3.21. The number of guanidine groups is 1. The first-order valence-electron chi connectivity index (χ1n) is 8.03. The summed E-state index contributed by atoms with van der Waals surface area (Å²) in [6, 6.07) is 7.54. The third-order valence-corrected chi connectivity index (χ3v) is 5.02. The van der Waals surface area contributed by atoms with E-state index in [1.807, 2.05) is 4.90 Å². The van der Waals surface area contributed by atoms with Crippen molar-refractivity contribution in [3.05, 3.63) is 46.0 Å². The van der Waals surface area contributed by atoms with Gasteiger partial charge in [0.1, 0.15) is 0 Å². The van der Waals surface area contributed by atoms with Gasteiger partial charge in [0, 0.05) is 42.1 Å². The third-order valence-electron chi connectivity index (χ3n) is 4.02. The van der Waals surface area contributed by atoms with Gasteiger partial charge in [-0.1, -0.05) is 0 Å². The minimum Gasteiger partial charge on any atom is -0.352 e. The van der Waals surface area contributed by atoms with Gasteiger partial charge in [0.05, 0.1) is 6.54 Å². The first-order valence-corrected chi connectivity index (χ1v) is 8.85. The molecule has 0 saturated carbocycles. The van der Waals surface area contributed by atoms with Gasteiger partial charge in [-0.05, 0) is 37.6 Å².